The highest BCUT2D eigenvalue weighted by Crippen LogP contribution is 2.33. The van der Waals surface area contributed by atoms with Crippen LogP contribution in [0.1, 0.15) is 38.8 Å². The standard InChI is InChI=1S/C15H20BrNO3/c1-15(2,3)20-14(19)17-9-12(18)8-13(17)10-4-6-11(16)7-5-10/h4-7,12-13,18H,8-9H2,1-3H3/t12-,13+/m0/s1. The minimum Gasteiger partial charge on any atom is -0.444 e. The number of hydrogen-bond donors (Lipinski definition) is 1. The molecule has 0 aliphatic carbocycles. The highest BCUT2D eigenvalue weighted by atomic mass is 79.9. The van der Waals surface area contributed by atoms with E-state index in [0.717, 1.165) is 10.0 Å². The first-order valence-electron chi connectivity index (χ1n) is 6.69. The number of rotatable bonds is 1. The molecule has 5 heteroatoms. The van der Waals surface area contributed by atoms with Gasteiger partial charge in [0.1, 0.15) is 5.60 Å². The van der Waals surface area contributed by atoms with Gasteiger partial charge in [-0.05, 0) is 44.9 Å². The first kappa shape index (κ1) is 15.3. The highest BCUT2D eigenvalue weighted by molar-refractivity contribution is 9.10. The first-order valence-corrected chi connectivity index (χ1v) is 7.49. The maximum atomic E-state index is 12.2. The molecule has 0 aromatic heterocycles. The van der Waals surface area contributed by atoms with Gasteiger partial charge in [0.2, 0.25) is 0 Å². The number of likely N-dealkylation sites (tertiary alicyclic amines) is 1. The van der Waals surface area contributed by atoms with Crippen molar-refractivity contribution in [2.24, 2.45) is 0 Å². The Morgan fingerprint density at radius 3 is 2.50 bits per heavy atom. The summed E-state index contributed by atoms with van der Waals surface area (Å²) in [6.07, 6.45) is -0.334. The summed E-state index contributed by atoms with van der Waals surface area (Å²) < 4.78 is 6.40. The molecular formula is C15H20BrNO3. The van der Waals surface area contributed by atoms with Crippen molar-refractivity contribution in [3.63, 3.8) is 0 Å². The Labute approximate surface area is 127 Å². The van der Waals surface area contributed by atoms with Crippen LogP contribution in [0.3, 0.4) is 0 Å². The average Bonchev–Trinajstić information content (AvgIpc) is 2.70. The van der Waals surface area contributed by atoms with E-state index in [9.17, 15) is 9.90 Å². The van der Waals surface area contributed by atoms with Crippen molar-refractivity contribution in [2.45, 2.75) is 44.9 Å². The summed E-state index contributed by atoms with van der Waals surface area (Å²) >= 11 is 3.40. The molecule has 1 heterocycles. The van der Waals surface area contributed by atoms with Gasteiger partial charge in [0, 0.05) is 4.47 Å². The molecule has 4 nitrogen and oxygen atoms in total. The predicted molar refractivity (Wildman–Crippen MR) is 80.4 cm³/mol. The lowest BCUT2D eigenvalue weighted by Gasteiger charge is -2.28. The van der Waals surface area contributed by atoms with Gasteiger partial charge in [0.05, 0.1) is 18.7 Å². The number of β-amino-alcohol motifs (C(OH)–C–C–N with tert-alkyl or cyclic N) is 1. The smallest absolute Gasteiger partial charge is 0.410 e. The van der Waals surface area contributed by atoms with Gasteiger partial charge in [-0.25, -0.2) is 4.79 Å². The van der Waals surface area contributed by atoms with Crippen LogP contribution in [0.25, 0.3) is 0 Å². The molecule has 1 aromatic carbocycles. The fourth-order valence-electron chi connectivity index (χ4n) is 2.34. The predicted octanol–water partition coefficient (Wildman–Crippen LogP) is 3.49. The lowest BCUT2D eigenvalue weighted by Crippen LogP contribution is -2.37. The molecule has 0 saturated carbocycles. The molecule has 20 heavy (non-hydrogen) atoms. The maximum Gasteiger partial charge on any atom is 0.410 e. The van der Waals surface area contributed by atoms with Gasteiger partial charge in [-0.15, -0.1) is 0 Å². The van der Waals surface area contributed by atoms with Crippen molar-refractivity contribution in [1.82, 2.24) is 4.90 Å². The van der Waals surface area contributed by atoms with Crippen molar-refractivity contribution < 1.29 is 14.6 Å². The van der Waals surface area contributed by atoms with Crippen LogP contribution in [0, 0.1) is 0 Å². The van der Waals surface area contributed by atoms with E-state index in [1.807, 2.05) is 45.0 Å². The Bertz CT molecular complexity index is 481. The van der Waals surface area contributed by atoms with Crippen molar-refractivity contribution in [3.8, 4) is 0 Å². The second kappa shape index (κ2) is 5.74. The van der Waals surface area contributed by atoms with Gasteiger partial charge in [-0.3, -0.25) is 4.90 Å². The SMILES string of the molecule is CC(C)(C)OC(=O)N1C[C@@H](O)C[C@@H]1c1ccc(Br)cc1. The monoisotopic (exact) mass is 341 g/mol. The summed E-state index contributed by atoms with van der Waals surface area (Å²) in [5, 5.41) is 9.87. The van der Waals surface area contributed by atoms with Crippen LogP contribution in [-0.2, 0) is 4.74 Å². The molecule has 1 aliphatic heterocycles. The van der Waals surface area contributed by atoms with Crippen molar-refractivity contribution in [2.75, 3.05) is 6.54 Å². The summed E-state index contributed by atoms with van der Waals surface area (Å²) in [5.41, 5.74) is 0.477. The third kappa shape index (κ3) is 3.73. The second-order valence-corrected chi connectivity index (χ2v) is 7.01. The molecule has 1 aromatic rings. The molecule has 0 unspecified atom stereocenters. The number of aliphatic hydroxyl groups is 1. The molecule has 0 spiro atoms. The molecule has 2 atom stereocenters. The van der Waals surface area contributed by atoms with Crippen LogP contribution in [0.4, 0.5) is 4.79 Å². The summed E-state index contributed by atoms with van der Waals surface area (Å²) in [4.78, 5) is 13.9. The number of carbonyl (C=O) groups is 1. The third-order valence-electron chi connectivity index (χ3n) is 3.16. The topological polar surface area (TPSA) is 49.8 Å². The van der Waals surface area contributed by atoms with Gasteiger partial charge in [-0.2, -0.15) is 0 Å². The number of ether oxygens (including phenoxy) is 1. The Morgan fingerprint density at radius 1 is 1.35 bits per heavy atom. The lowest BCUT2D eigenvalue weighted by atomic mass is 10.0. The Balaban J connectivity index is 2.18. The molecule has 110 valence electrons. The largest absolute Gasteiger partial charge is 0.444 e. The summed E-state index contributed by atoms with van der Waals surface area (Å²) in [6, 6.07) is 7.67. The van der Waals surface area contributed by atoms with Crippen LogP contribution in [-0.4, -0.2) is 34.3 Å². The molecule has 0 radical (unpaired) electrons. The van der Waals surface area contributed by atoms with Crippen LogP contribution in [0.5, 0.6) is 0 Å². The molecule has 2 rings (SSSR count). The van der Waals surface area contributed by atoms with E-state index in [0.29, 0.717) is 13.0 Å². The Morgan fingerprint density at radius 2 is 1.95 bits per heavy atom. The number of aliphatic hydroxyl groups excluding tert-OH is 1. The van der Waals surface area contributed by atoms with Crippen molar-refractivity contribution >= 4 is 22.0 Å². The molecule has 1 amide bonds. The second-order valence-electron chi connectivity index (χ2n) is 6.09. The summed E-state index contributed by atoms with van der Waals surface area (Å²) in [5.74, 6) is 0. The van der Waals surface area contributed by atoms with E-state index in [4.69, 9.17) is 4.74 Å². The minimum absolute atomic E-state index is 0.132. The molecule has 1 aliphatic rings. The molecule has 1 fully saturated rings. The lowest BCUT2D eigenvalue weighted by molar-refractivity contribution is 0.0206. The van der Waals surface area contributed by atoms with E-state index in [2.05, 4.69) is 15.9 Å². The molecular weight excluding hydrogens is 322 g/mol. The number of amides is 1. The fourth-order valence-corrected chi connectivity index (χ4v) is 2.60. The van der Waals surface area contributed by atoms with Crippen molar-refractivity contribution in [1.29, 1.82) is 0 Å². The van der Waals surface area contributed by atoms with Gasteiger partial charge < -0.3 is 9.84 Å². The quantitative estimate of drug-likeness (QED) is 0.850. The molecule has 1 N–H and O–H groups in total. The van der Waals surface area contributed by atoms with E-state index in [1.165, 1.54) is 0 Å². The fraction of sp³-hybridized carbons (Fsp3) is 0.533. The van der Waals surface area contributed by atoms with Gasteiger partial charge in [-0.1, -0.05) is 28.1 Å². The van der Waals surface area contributed by atoms with E-state index < -0.39 is 11.7 Å². The third-order valence-corrected chi connectivity index (χ3v) is 3.69. The van der Waals surface area contributed by atoms with Gasteiger partial charge in [0.25, 0.3) is 0 Å². The van der Waals surface area contributed by atoms with Gasteiger partial charge in [0.15, 0.2) is 0 Å². The first-order chi connectivity index (χ1) is 9.26. The maximum absolute atomic E-state index is 12.2. The van der Waals surface area contributed by atoms with Crippen LogP contribution in [0.2, 0.25) is 0 Å². The van der Waals surface area contributed by atoms with E-state index in [-0.39, 0.29) is 12.1 Å². The number of hydrogen-bond acceptors (Lipinski definition) is 3. The average molecular weight is 342 g/mol. The number of carbonyl (C=O) groups excluding carboxylic acids is 1. The summed E-state index contributed by atoms with van der Waals surface area (Å²) in [6.45, 7) is 5.83. The van der Waals surface area contributed by atoms with Crippen LogP contribution in [0.15, 0.2) is 28.7 Å². The Hall–Kier alpha value is -1.07. The number of nitrogens with zero attached hydrogens (tertiary/aromatic N) is 1. The minimum atomic E-state index is -0.533. The van der Waals surface area contributed by atoms with E-state index >= 15 is 0 Å². The zero-order chi connectivity index (χ0) is 14.9. The summed E-state index contributed by atoms with van der Waals surface area (Å²) in [7, 11) is 0. The number of halogens is 1. The molecule has 1 saturated heterocycles. The number of benzene rings is 1. The zero-order valence-electron chi connectivity index (χ0n) is 12.0. The van der Waals surface area contributed by atoms with Crippen molar-refractivity contribution in [3.05, 3.63) is 34.3 Å². The highest BCUT2D eigenvalue weighted by Gasteiger charge is 2.37. The van der Waals surface area contributed by atoms with Crippen LogP contribution < -0.4 is 0 Å². The van der Waals surface area contributed by atoms with Crippen LogP contribution >= 0.6 is 15.9 Å². The normalized spacial score (nSPS) is 22.9. The van der Waals surface area contributed by atoms with Gasteiger partial charge >= 0.3 is 6.09 Å². The molecule has 0 bridgehead atoms. The Kier molecular flexibility index (Phi) is 4.39. The van der Waals surface area contributed by atoms with E-state index in [1.54, 1.807) is 4.90 Å². The zero-order valence-corrected chi connectivity index (χ0v) is 13.6.